The number of methoxy groups -OCH3 is 3. The first kappa shape index (κ1) is 58.0. The smallest absolute Gasteiger partial charge is 0.254 e. The monoisotopic (exact) mass is 1160 g/mol. The first-order chi connectivity index (χ1) is 40.0. The Balaban J connectivity index is 1.45. The van der Waals surface area contributed by atoms with Crippen LogP contribution in [-0.4, -0.2) is 40.8 Å². The lowest BCUT2D eigenvalue weighted by Crippen LogP contribution is -2.12. The Morgan fingerprint density at radius 3 is 1.04 bits per heavy atom. The molecule has 3 heterocycles. The van der Waals surface area contributed by atoms with Gasteiger partial charge in [0.1, 0.15) is 57.4 Å². The molecule has 0 amide bonds. The van der Waals surface area contributed by atoms with E-state index < -0.39 is 37.7 Å². The van der Waals surface area contributed by atoms with Gasteiger partial charge in [-0.25, -0.2) is 0 Å². The van der Waals surface area contributed by atoms with E-state index in [4.69, 9.17) is 40.5 Å². The van der Waals surface area contributed by atoms with Crippen LogP contribution in [-0.2, 0) is 21.7 Å². The summed E-state index contributed by atoms with van der Waals surface area (Å²) in [5.41, 5.74) is 10.0. The molecule has 10 nitrogen and oxygen atoms in total. The Kier molecular flexibility index (Phi) is 15.4. The number of rotatable bonds is 8. The van der Waals surface area contributed by atoms with Crippen LogP contribution >= 0.6 is 16.0 Å². The van der Waals surface area contributed by atoms with Crippen molar-refractivity contribution in [2.24, 2.45) is 0 Å². The minimum Gasteiger partial charge on any atom is -0.497 e. The molecule has 1 aliphatic heterocycles. The molecule has 1 aliphatic rings. The number of carbonyl (C=O) groups is 1. The van der Waals surface area contributed by atoms with Gasteiger partial charge in [0, 0.05) is 71.6 Å². The zero-order chi connectivity index (χ0) is 59.6. The largest absolute Gasteiger partial charge is 0.497 e. The summed E-state index contributed by atoms with van der Waals surface area (Å²) < 4.78 is 64.4. The third-order valence-electron chi connectivity index (χ3n) is 15.8. The summed E-state index contributed by atoms with van der Waals surface area (Å²) in [6.45, 7) is 27.0. The molecule has 0 radical (unpaired) electrons. The molecule has 0 bridgehead atoms. The fourth-order valence-electron chi connectivity index (χ4n) is 11.4. The SMILES string of the molecule is COc1cc(C(C)(C)C)c2op(-c3c(-c4ccccc4)ccc4c3-c3c(ccc(-c5ccccc5)c3-p3oc5c(C(C)(C)C)cc(OC)cc5c5cc(OC)cc(C(C)(C)C)c5o3)OCCCCO4)oc3c(C(C)(C)C)cc(C=O)cc3c2c1. The van der Waals surface area contributed by atoms with E-state index in [1.165, 1.54) is 0 Å². The van der Waals surface area contributed by atoms with Crippen molar-refractivity contribution < 1.29 is 45.3 Å². The van der Waals surface area contributed by atoms with Crippen LogP contribution in [0.15, 0.2) is 150 Å². The summed E-state index contributed by atoms with van der Waals surface area (Å²) >= 11 is 0. The first-order valence-electron chi connectivity index (χ1n) is 28.9. The molecule has 0 aliphatic carbocycles. The van der Waals surface area contributed by atoms with E-state index in [9.17, 15) is 4.79 Å². The Morgan fingerprint density at radius 1 is 0.405 bits per heavy atom. The molecule has 0 N–H and O–H groups in total. The maximum absolute atomic E-state index is 13.1. The molecule has 1 atom stereocenters. The van der Waals surface area contributed by atoms with Gasteiger partial charge in [0.25, 0.3) is 16.0 Å². The molecule has 8 aromatic carbocycles. The molecule has 10 aromatic rings. The Morgan fingerprint density at radius 2 is 0.726 bits per heavy atom. The molecule has 0 fully saturated rings. The van der Waals surface area contributed by atoms with Crippen molar-refractivity contribution in [2.75, 3.05) is 34.5 Å². The quantitative estimate of drug-likeness (QED) is 0.136. The van der Waals surface area contributed by atoms with Crippen LogP contribution in [0.5, 0.6) is 28.7 Å². The summed E-state index contributed by atoms with van der Waals surface area (Å²) in [6, 6.07) is 45.5. The lowest BCUT2D eigenvalue weighted by atomic mass is 9.83. The fourth-order valence-corrected chi connectivity index (χ4v) is 14.9. The van der Waals surface area contributed by atoms with Crippen LogP contribution < -0.4 is 23.7 Å². The van der Waals surface area contributed by atoms with Crippen LogP contribution in [0.2, 0.25) is 0 Å². The van der Waals surface area contributed by atoms with Crippen LogP contribution in [0.1, 0.15) is 129 Å². The van der Waals surface area contributed by atoms with E-state index >= 15 is 0 Å². The summed E-state index contributed by atoms with van der Waals surface area (Å²) in [5, 5.41) is 4.66. The van der Waals surface area contributed by atoms with Crippen molar-refractivity contribution in [3.63, 3.8) is 0 Å². The molecule has 84 heavy (non-hydrogen) atoms. The predicted octanol–water partition coefficient (Wildman–Crippen LogP) is 21.5. The molecule has 12 heteroatoms. The van der Waals surface area contributed by atoms with Gasteiger partial charge in [-0.05, 0) is 118 Å². The highest BCUT2D eigenvalue weighted by Crippen LogP contribution is 2.63. The van der Waals surface area contributed by atoms with Crippen molar-refractivity contribution >= 4 is 66.2 Å². The van der Waals surface area contributed by atoms with E-state index in [0.29, 0.717) is 69.9 Å². The molecule has 2 aromatic heterocycles. The maximum atomic E-state index is 13.1. The summed E-state index contributed by atoms with van der Waals surface area (Å²) in [7, 11) is 0.629. The highest BCUT2D eigenvalue weighted by atomic mass is 31.1. The molecule has 434 valence electrons. The average Bonchev–Trinajstić information content (AvgIpc) is 1.70. The van der Waals surface area contributed by atoms with Gasteiger partial charge in [-0.1, -0.05) is 144 Å². The minimum absolute atomic E-state index is 0.418. The van der Waals surface area contributed by atoms with Crippen LogP contribution in [0.25, 0.3) is 87.9 Å². The molecule has 0 saturated carbocycles. The second-order valence-electron chi connectivity index (χ2n) is 25.9. The summed E-state index contributed by atoms with van der Waals surface area (Å²) in [5.74, 6) is 3.28. The predicted molar refractivity (Wildman–Crippen MR) is 345 cm³/mol. The van der Waals surface area contributed by atoms with Crippen LogP contribution in [0.4, 0.5) is 0 Å². The Labute approximate surface area is 495 Å². The molecule has 0 saturated heterocycles. The zero-order valence-corrected chi connectivity index (χ0v) is 52.9. The van der Waals surface area contributed by atoms with Gasteiger partial charge in [-0.2, -0.15) is 0 Å². The van der Waals surface area contributed by atoms with E-state index in [0.717, 1.165) is 107 Å². The number of hydrogen-bond donors (Lipinski definition) is 0. The van der Waals surface area contributed by atoms with Crippen molar-refractivity contribution in [3.05, 3.63) is 161 Å². The molecular formula is C72H76O10P2. The van der Waals surface area contributed by atoms with Crippen molar-refractivity contribution in [3.8, 4) is 72.7 Å². The van der Waals surface area contributed by atoms with E-state index in [1.807, 2.05) is 30.3 Å². The molecule has 11 rings (SSSR count). The Hall–Kier alpha value is -7.77. The summed E-state index contributed by atoms with van der Waals surface area (Å²) in [6.07, 6.45) is 2.41. The van der Waals surface area contributed by atoms with Gasteiger partial charge in [0.15, 0.2) is 0 Å². The zero-order valence-electron chi connectivity index (χ0n) is 51.1. The molecule has 1 unspecified atom stereocenters. The second kappa shape index (κ2) is 22.3. The summed E-state index contributed by atoms with van der Waals surface area (Å²) in [4.78, 5) is 13.1. The van der Waals surface area contributed by atoms with E-state index in [1.54, 1.807) is 21.3 Å². The van der Waals surface area contributed by atoms with E-state index in [2.05, 4.69) is 186 Å². The number of hydrogen-bond acceptors (Lipinski definition) is 10. The van der Waals surface area contributed by atoms with E-state index in [-0.39, 0.29) is 0 Å². The lowest BCUT2D eigenvalue weighted by molar-refractivity contribution is 0.112. The van der Waals surface area contributed by atoms with Gasteiger partial charge >= 0.3 is 0 Å². The van der Waals surface area contributed by atoms with Crippen LogP contribution in [0.3, 0.4) is 0 Å². The number of fused-ring (bicyclic) bond motifs is 9. The second-order valence-corrected chi connectivity index (χ2v) is 28.6. The first-order valence-corrected chi connectivity index (χ1v) is 31.2. The van der Waals surface area contributed by atoms with Gasteiger partial charge in [-0.15, -0.1) is 0 Å². The number of benzene rings is 8. The van der Waals surface area contributed by atoms with Crippen LogP contribution in [0, 0.1) is 0 Å². The van der Waals surface area contributed by atoms with Gasteiger partial charge in [0.05, 0.1) is 45.2 Å². The standard InChI is InChI=1S/C72H76O10P2/c1-69(2,3)55-35-43(42-73)34-51-52-36-46(74-13)39-56(70(4,5)6)64(52)80-83(79-63(51)55)67-49(44-24-18-16-19-25-44)28-30-59-61(67)62-60(78-33-23-22-32-77-59)31-29-50(45-26-20-17-21-27-45)68(62)84-81-65-53(37-47(75-14)40-57(65)71(7,8)9)54-38-48(76-15)41-58(66(54)82-84)72(10,11)12/h16-21,24-31,34-42H,22-23,32-33H2,1-15H3. The third-order valence-corrected chi connectivity index (χ3v) is 18.8. The van der Waals surface area contributed by atoms with Gasteiger partial charge in [-0.3, -0.25) is 4.79 Å². The van der Waals surface area contributed by atoms with Crippen molar-refractivity contribution in [1.82, 2.24) is 0 Å². The highest BCUT2D eigenvalue weighted by molar-refractivity contribution is 7.47. The number of ether oxygens (including phenoxy) is 5. The Bertz CT molecular complexity index is 4180. The minimum atomic E-state index is -2.24. The molecule has 0 spiro atoms. The lowest BCUT2D eigenvalue weighted by Gasteiger charge is -2.25. The van der Waals surface area contributed by atoms with Crippen molar-refractivity contribution in [2.45, 2.75) is 118 Å². The normalized spacial score (nSPS) is 13.4. The topological polar surface area (TPSA) is 116 Å². The highest BCUT2D eigenvalue weighted by Gasteiger charge is 2.35. The average molecular weight is 1160 g/mol. The van der Waals surface area contributed by atoms with Gasteiger partial charge in [0.2, 0.25) is 0 Å². The number of aldehydes is 1. The molecular weight excluding hydrogens is 1090 g/mol. The van der Waals surface area contributed by atoms with Crippen molar-refractivity contribution in [1.29, 1.82) is 0 Å². The number of carbonyl (C=O) groups excluding carboxylic acids is 1. The maximum Gasteiger partial charge on any atom is 0.254 e. The fraction of sp³-hybridized carbons (Fsp3) is 0.319. The third kappa shape index (κ3) is 10.9. The van der Waals surface area contributed by atoms with Gasteiger partial charge < -0.3 is 40.5 Å².